The predicted molar refractivity (Wildman–Crippen MR) is 103 cm³/mol. The molecule has 2 aliphatic rings. The number of hydrogen-bond acceptors (Lipinski definition) is 3. The van der Waals surface area contributed by atoms with Gasteiger partial charge in [0.05, 0.1) is 0 Å². The maximum Gasteiger partial charge on any atom is 0.326 e. The topological polar surface area (TPSA) is 38.3 Å². The van der Waals surface area contributed by atoms with Gasteiger partial charge in [0.2, 0.25) is 0 Å². The number of ether oxygens (including phenoxy) is 1. The number of nitrogens with one attached hydrogen (secondary N) is 1. The van der Waals surface area contributed by atoms with Crippen LogP contribution in [0.15, 0.2) is 23.3 Å². The number of carbonyl (C=O) groups excluding carboxylic acids is 1. The van der Waals surface area contributed by atoms with E-state index < -0.39 is 5.54 Å². The number of rotatable bonds is 8. The van der Waals surface area contributed by atoms with Gasteiger partial charge < -0.3 is 4.74 Å². The van der Waals surface area contributed by atoms with Crippen LogP contribution in [0.1, 0.15) is 71.6 Å². The first-order valence-electron chi connectivity index (χ1n) is 9.50. The van der Waals surface area contributed by atoms with Crippen LogP contribution < -0.4 is 5.32 Å². The molecule has 4 heteroatoms. The monoisotopic (exact) mass is 397 g/mol. The quantitative estimate of drug-likeness (QED) is 0.353. The van der Waals surface area contributed by atoms with Gasteiger partial charge in [0.25, 0.3) is 0 Å². The van der Waals surface area contributed by atoms with E-state index in [1.807, 2.05) is 0 Å². The molecule has 0 heterocycles. The van der Waals surface area contributed by atoms with Gasteiger partial charge in [-0.15, -0.1) is 0 Å². The molecule has 2 aliphatic carbocycles. The van der Waals surface area contributed by atoms with Crippen LogP contribution in [0, 0.1) is 0 Å². The highest BCUT2D eigenvalue weighted by Gasteiger charge is 2.43. The Labute approximate surface area is 155 Å². The van der Waals surface area contributed by atoms with Gasteiger partial charge in [-0.05, 0) is 57.4 Å². The first-order chi connectivity index (χ1) is 11.6. The third-order valence-electron chi connectivity index (χ3n) is 5.45. The number of halogens is 1. The van der Waals surface area contributed by atoms with Crippen LogP contribution in [-0.4, -0.2) is 29.5 Å². The second-order valence-corrected chi connectivity index (χ2v) is 7.67. The Hall–Kier alpha value is -0.610. The van der Waals surface area contributed by atoms with E-state index in [4.69, 9.17) is 4.74 Å². The van der Waals surface area contributed by atoms with Crippen molar-refractivity contribution in [2.24, 2.45) is 0 Å². The lowest BCUT2D eigenvalue weighted by atomic mass is 9.96. The van der Waals surface area contributed by atoms with Crippen LogP contribution >= 0.6 is 15.9 Å². The molecule has 0 aromatic carbocycles. The van der Waals surface area contributed by atoms with Crippen molar-refractivity contribution in [3.05, 3.63) is 23.3 Å². The lowest BCUT2D eigenvalue weighted by molar-refractivity contribution is -0.156. The minimum atomic E-state index is -0.457. The third-order valence-corrected chi connectivity index (χ3v) is 6.09. The van der Waals surface area contributed by atoms with Crippen molar-refractivity contribution >= 4 is 21.9 Å². The third kappa shape index (κ3) is 5.19. The number of alkyl halides is 1. The van der Waals surface area contributed by atoms with Gasteiger partial charge in [0, 0.05) is 11.9 Å². The van der Waals surface area contributed by atoms with Crippen LogP contribution in [0.5, 0.6) is 0 Å². The van der Waals surface area contributed by atoms with Crippen molar-refractivity contribution in [3.8, 4) is 0 Å². The average molecular weight is 398 g/mol. The molecular formula is C20H32BrNO2. The van der Waals surface area contributed by atoms with Gasteiger partial charge >= 0.3 is 5.97 Å². The summed E-state index contributed by atoms with van der Waals surface area (Å²) in [5, 5.41) is 4.45. The summed E-state index contributed by atoms with van der Waals surface area (Å²) >= 11 is 3.53. The van der Waals surface area contributed by atoms with Crippen LogP contribution in [-0.2, 0) is 9.53 Å². The van der Waals surface area contributed by atoms with Gasteiger partial charge in [0.15, 0.2) is 0 Å². The molecule has 0 bridgehead atoms. The van der Waals surface area contributed by atoms with E-state index in [0.717, 1.165) is 56.8 Å². The van der Waals surface area contributed by atoms with E-state index in [9.17, 15) is 4.79 Å². The molecule has 0 atom stereocenters. The molecule has 3 nitrogen and oxygen atoms in total. The molecule has 0 saturated heterocycles. The SMILES string of the molecule is C/C=C(\C=C(/CC)CNC1(C(=O)OC2CCCC2)CCCC1)CBr. The molecule has 0 radical (unpaired) electrons. The summed E-state index contributed by atoms with van der Waals surface area (Å²) in [6.07, 6.45) is 14.0. The van der Waals surface area contributed by atoms with E-state index in [1.54, 1.807) is 0 Å². The Balaban J connectivity index is 2.00. The summed E-state index contributed by atoms with van der Waals surface area (Å²) in [6.45, 7) is 5.00. The summed E-state index contributed by atoms with van der Waals surface area (Å²) in [5.41, 5.74) is 2.16. The summed E-state index contributed by atoms with van der Waals surface area (Å²) in [7, 11) is 0. The minimum Gasteiger partial charge on any atom is -0.461 e. The van der Waals surface area contributed by atoms with Gasteiger partial charge in [-0.3, -0.25) is 10.1 Å². The predicted octanol–water partition coefficient (Wildman–Crippen LogP) is 5.05. The molecule has 0 aromatic heterocycles. The van der Waals surface area contributed by atoms with Crippen molar-refractivity contribution < 1.29 is 9.53 Å². The number of allylic oxidation sites excluding steroid dienone is 3. The molecule has 136 valence electrons. The normalized spacial score (nSPS) is 22.1. The number of hydrogen-bond donors (Lipinski definition) is 1. The lowest BCUT2D eigenvalue weighted by Crippen LogP contribution is -2.52. The van der Waals surface area contributed by atoms with Gasteiger partial charge in [-0.1, -0.05) is 53.4 Å². The Kier molecular flexibility index (Phi) is 8.02. The minimum absolute atomic E-state index is 0.00546. The summed E-state index contributed by atoms with van der Waals surface area (Å²) in [5.74, 6) is -0.00546. The second kappa shape index (κ2) is 9.76. The number of carbonyl (C=O) groups is 1. The molecule has 2 rings (SSSR count). The molecular weight excluding hydrogens is 366 g/mol. The molecule has 24 heavy (non-hydrogen) atoms. The summed E-state index contributed by atoms with van der Waals surface area (Å²) in [4.78, 5) is 12.8. The van der Waals surface area contributed by atoms with Crippen molar-refractivity contribution in [3.63, 3.8) is 0 Å². The van der Waals surface area contributed by atoms with Gasteiger partial charge in [-0.2, -0.15) is 0 Å². The van der Waals surface area contributed by atoms with E-state index in [-0.39, 0.29) is 12.1 Å². The zero-order chi connectivity index (χ0) is 17.4. The average Bonchev–Trinajstić information content (AvgIpc) is 3.27. The Morgan fingerprint density at radius 1 is 1.25 bits per heavy atom. The fourth-order valence-corrected chi connectivity index (χ4v) is 4.21. The molecule has 2 saturated carbocycles. The molecule has 1 N–H and O–H groups in total. The molecule has 0 spiro atoms. The van der Waals surface area contributed by atoms with Gasteiger partial charge in [-0.25, -0.2) is 0 Å². The maximum absolute atomic E-state index is 12.8. The second-order valence-electron chi connectivity index (χ2n) is 7.11. The van der Waals surface area contributed by atoms with Gasteiger partial charge in [0.1, 0.15) is 11.6 Å². The molecule has 0 aliphatic heterocycles. The van der Waals surface area contributed by atoms with Crippen molar-refractivity contribution in [2.75, 3.05) is 11.9 Å². The van der Waals surface area contributed by atoms with Crippen LogP contribution in [0.4, 0.5) is 0 Å². The Morgan fingerprint density at radius 2 is 1.92 bits per heavy atom. The fourth-order valence-electron chi connectivity index (χ4n) is 3.72. The summed E-state index contributed by atoms with van der Waals surface area (Å²) in [6, 6.07) is 0. The van der Waals surface area contributed by atoms with E-state index in [0.29, 0.717) is 0 Å². The van der Waals surface area contributed by atoms with E-state index in [1.165, 1.54) is 24.0 Å². The molecule has 2 fully saturated rings. The Bertz CT molecular complexity index is 472. The zero-order valence-electron chi connectivity index (χ0n) is 15.2. The lowest BCUT2D eigenvalue weighted by Gasteiger charge is -2.30. The zero-order valence-corrected chi connectivity index (χ0v) is 16.8. The fraction of sp³-hybridized carbons (Fsp3) is 0.750. The Morgan fingerprint density at radius 3 is 2.46 bits per heavy atom. The standard InChI is InChI=1S/C20H32BrNO2/c1-3-16(14-21)13-17(4-2)15-22-20(11-7-8-12-20)19(23)24-18-9-5-6-10-18/h3,13,18,22H,4-12,14-15H2,1-2H3/b16-3+,17-13+. The van der Waals surface area contributed by atoms with Crippen molar-refractivity contribution in [1.29, 1.82) is 0 Å². The van der Waals surface area contributed by atoms with Crippen LogP contribution in [0.3, 0.4) is 0 Å². The van der Waals surface area contributed by atoms with Crippen molar-refractivity contribution in [1.82, 2.24) is 5.32 Å². The van der Waals surface area contributed by atoms with Crippen molar-refractivity contribution in [2.45, 2.75) is 83.3 Å². The first kappa shape index (κ1) is 19.7. The highest BCUT2D eigenvalue weighted by Crippen LogP contribution is 2.33. The van der Waals surface area contributed by atoms with Crippen LogP contribution in [0.2, 0.25) is 0 Å². The molecule has 0 aromatic rings. The first-order valence-corrected chi connectivity index (χ1v) is 10.6. The molecule has 0 unspecified atom stereocenters. The highest BCUT2D eigenvalue weighted by molar-refractivity contribution is 9.09. The maximum atomic E-state index is 12.8. The molecule has 0 amide bonds. The highest BCUT2D eigenvalue weighted by atomic mass is 79.9. The number of esters is 1. The van der Waals surface area contributed by atoms with Crippen LogP contribution in [0.25, 0.3) is 0 Å². The van der Waals surface area contributed by atoms with E-state index >= 15 is 0 Å². The van der Waals surface area contributed by atoms with E-state index in [2.05, 4.69) is 47.2 Å². The largest absolute Gasteiger partial charge is 0.461 e. The summed E-state index contributed by atoms with van der Waals surface area (Å²) < 4.78 is 5.85. The smallest absolute Gasteiger partial charge is 0.326 e.